The number of halogens is 1. The highest BCUT2D eigenvalue weighted by atomic mass is 35.5. The molecular formula is C23H20ClN3O3. The van der Waals surface area contributed by atoms with Gasteiger partial charge in [-0.2, -0.15) is 0 Å². The minimum absolute atomic E-state index is 0.204. The molecule has 1 saturated heterocycles. The molecule has 30 heavy (non-hydrogen) atoms. The third-order valence-electron chi connectivity index (χ3n) is 4.95. The van der Waals surface area contributed by atoms with Crippen molar-refractivity contribution in [3.8, 4) is 11.1 Å². The first-order valence-electron chi connectivity index (χ1n) is 9.68. The van der Waals surface area contributed by atoms with Gasteiger partial charge >= 0.3 is 5.97 Å². The SMILES string of the molecule is O=C(ON1CCCC1C(=O)Nc1c(-c2ccccc2)ccnc1Cl)c1ccccc1. The molecule has 1 aliphatic heterocycles. The summed E-state index contributed by atoms with van der Waals surface area (Å²) < 4.78 is 0. The second-order valence-electron chi connectivity index (χ2n) is 6.92. The second kappa shape index (κ2) is 9.07. The van der Waals surface area contributed by atoms with Crippen molar-refractivity contribution >= 4 is 29.2 Å². The summed E-state index contributed by atoms with van der Waals surface area (Å²) in [5, 5.41) is 4.54. The minimum atomic E-state index is -0.599. The fraction of sp³-hybridized carbons (Fsp3) is 0.174. The second-order valence-corrected chi connectivity index (χ2v) is 7.28. The summed E-state index contributed by atoms with van der Waals surface area (Å²) >= 11 is 6.31. The minimum Gasteiger partial charge on any atom is -0.363 e. The van der Waals surface area contributed by atoms with E-state index in [1.54, 1.807) is 36.5 Å². The topological polar surface area (TPSA) is 71.5 Å². The molecule has 2 heterocycles. The van der Waals surface area contributed by atoms with Gasteiger partial charge < -0.3 is 10.2 Å². The van der Waals surface area contributed by atoms with Gasteiger partial charge in [-0.3, -0.25) is 4.79 Å². The van der Waals surface area contributed by atoms with E-state index in [1.165, 1.54) is 5.06 Å². The smallest absolute Gasteiger partial charge is 0.357 e. The van der Waals surface area contributed by atoms with E-state index in [1.807, 2.05) is 36.4 Å². The Hall–Kier alpha value is -3.22. The highest BCUT2D eigenvalue weighted by molar-refractivity contribution is 6.33. The van der Waals surface area contributed by atoms with E-state index in [0.717, 1.165) is 17.5 Å². The molecule has 2 aromatic carbocycles. The number of carbonyl (C=O) groups is 2. The molecule has 0 spiro atoms. The van der Waals surface area contributed by atoms with Crippen LogP contribution in [0.5, 0.6) is 0 Å². The van der Waals surface area contributed by atoms with Crippen LogP contribution in [0.4, 0.5) is 5.69 Å². The van der Waals surface area contributed by atoms with Crippen LogP contribution in [0, 0.1) is 0 Å². The first kappa shape index (κ1) is 20.1. The molecule has 1 fully saturated rings. The number of nitrogens with one attached hydrogen (secondary N) is 1. The monoisotopic (exact) mass is 421 g/mol. The lowest BCUT2D eigenvalue weighted by Gasteiger charge is -2.23. The van der Waals surface area contributed by atoms with Crippen molar-refractivity contribution in [2.45, 2.75) is 18.9 Å². The van der Waals surface area contributed by atoms with E-state index in [0.29, 0.717) is 24.2 Å². The van der Waals surface area contributed by atoms with Crippen LogP contribution < -0.4 is 5.32 Å². The third-order valence-corrected chi connectivity index (χ3v) is 5.24. The highest BCUT2D eigenvalue weighted by Crippen LogP contribution is 2.33. The van der Waals surface area contributed by atoms with Crippen molar-refractivity contribution < 1.29 is 14.4 Å². The number of hydrogen-bond donors (Lipinski definition) is 1. The molecule has 4 rings (SSSR count). The van der Waals surface area contributed by atoms with Gasteiger partial charge in [0.15, 0.2) is 5.15 Å². The first-order chi connectivity index (χ1) is 14.6. The number of nitrogens with zero attached hydrogens (tertiary/aromatic N) is 2. The fourth-order valence-corrected chi connectivity index (χ4v) is 3.67. The lowest BCUT2D eigenvalue weighted by Crippen LogP contribution is -2.41. The van der Waals surface area contributed by atoms with Crippen LogP contribution in [0.2, 0.25) is 5.15 Å². The summed E-state index contributed by atoms with van der Waals surface area (Å²) in [7, 11) is 0. The number of anilines is 1. The number of hydroxylamine groups is 2. The number of amides is 1. The summed E-state index contributed by atoms with van der Waals surface area (Å²) in [5.74, 6) is -0.778. The Morgan fingerprint density at radius 3 is 2.47 bits per heavy atom. The zero-order chi connectivity index (χ0) is 20.9. The molecular weight excluding hydrogens is 402 g/mol. The third kappa shape index (κ3) is 4.35. The van der Waals surface area contributed by atoms with Crippen LogP contribution in [-0.4, -0.2) is 34.5 Å². The fourth-order valence-electron chi connectivity index (χ4n) is 3.46. The summed E-state index contributed by atoms with van der Waals surface area (Å²) in [6.07, 6.45) is 2.92. The molecule has 3 aromatic rings. The zero-order valence-corrected chi connectivity index (χ0v) is 16.9. The van der Waals surface area contributed by atoms with Gasteiger partial charge in [0.25, 0.3) is 0 Å². The highest BCUT2D eigenvalue weighted by Gasteiger charge is 2.34. The van der Waals surface area contributed by atoms with Gasteiger partial charge in [0.1, 0.15) is 6.04 Å². The molecule has 0 aliphatic carbocycles. The molecule has 7 heteroatoms. The standard InChI is InChI=1S/C23H20ClN3O3/c24-21-20(18(13-14-25-21)16-8-3-1-4-9-16)26-22(28)19-12-7-15-27(19)30-23(29)17-10-5-2-6-11-17/h1-6,8-11,13-14,19H,7,12,15H2,(H,26,28). The Morgan fingerprint density at radius 1 is 1.03 bits per heavy atom. The predicted molar refractivity (Wildman–Crippen MR) is 115 cm³/mol. The Bertz CT molecular complexity index is 1040. The molecule has 0 saturated carbocycles. The molecule has 1 unspecified atom stereocenters. The van der Waals surface area contributed by atoms with Crippen LogP contribution in [-0.2, 0) is 9.63 Å². The molecule has 6 nitrogen and oxygen atoms in total. The van der Waals surface area contributed by atoms with Crippen molar-refractivity contribution in [1.29, 1.82) is 0 Å². The number of pyridine rings is 1. The van der Waals surface area contributed by atoms with E-state index < -0.39 is 12.0 Å². The number of benzene rings is 2. The number of hydrogen-bond acceptors (Lipinski definition) is 5. The lowest BCUT2D eigenvalue weighted by molar-refractivity contribution is -0.144. The summed E-state index contributed by atoms with van der Waals surface area (Å²) in [4.78, 5) is 35.0. The molecule has 1 aliphatic rings. The van der Waals surface area contributed by atoms with Crippen molar-refractivity contribution in [1.82, 2.24) is 10.0 Å². The normalized spacial score (nSPS) is 16.2. The van der Waals surface area contributed by atoms with Crippen molar-refractivity contribution in [3.63, 3.8) is 0 Å². The van der Waals surface area contributed by atoms with E-state index in [9.17, 15) is 9.59 Å². The van der Waals surface area contributed by atoms with Crippen LogP contribution in [0.25, 0.3) is 11.1 Å². The van der Waals surface area contributed by atoms with Gasteiger partial charge in [-0.05, 0) is 36.6 Å². The van der Waals surface area contributed by atoms with E-state index >= 15 is 0 Å². The maximum atomic E-state index is 13.0. The van der Waals surface area contributed by atoms with Crippen LogP contribution in [0.15, 0.2) is 72.9 Å². The predicted octanol–water partition coefficient (Wildman–Crippen LogP) is 4.58. The summed E-state index contributed by atoms with van der Waals surface area (Å²) in [6, 6.07) is 19.5. The Labute approximate surface area is 179 Å². The van der Waals surface area contributed by atoms with Gasteiger partial charge in [-0.15, -0.1) is 5.06 Å². The maximum absolute atomic E-state index is 13.0. The first-order valence-corrected chi connectivity index (χ1v) is 10.1. The van der Waals surface area contributed by atoms with E-state index in [-0.39, 0.29) is 11.1 Å². The van der Waals surface area contributed by atoms with E-state index in [4.69, 9.17) is 16.4 Å². The van der Waals surface area contributed by atoms with Crippen LogP contribution in [0.1, 0.15) is 23.2 Å². The van der Waals surface area contributed by atoms with Gasteiger partial charge in [-0.25, -0.2) is 9.78 Å². The molecule has 1 N–H and O–H groups in total. The largest absolute Gasteiger partial charge is 0.363 e. The Kier molecular flexibility index (Phi) is 6.07. The molecule has 1 aromatic heterocycles. The Balaban J connectivity index is 1.52. The zero-order valence-electron chi connectivity index (χ0n) is 16.1. The summed E-state index contributed by atoms with van der Waals surface area (Å²) in [6.45, 7) is 0.489. The summed E-state index contributed by atoms with van der Waals surface area (Å²) in [5.41, 5.74) is 2.56. The van der Waals surface area contributed by atoms with Gasteiger partial charge in [0.05, 0.1) is 11.3 Å². The number of aromatic nitrogens is 1. The quantitative estimate of drug-likeness (QED) is 0.610. The van der Waals surface area contributed by atoms with Crippen molar-refractivity contribution in [2.75, 3.05) is 11.9 Å². The van der Waals surface area contributed by atoms with Gasteiger partial charge in [0.2, 0.25) is 5.91 Å². The van der Waals surface area contributed by atoms with Crippen molar-refractivity contribution in [3.05, 3.63) is 83.6 Å². The average molecular weight is 422 g/mol. The molecule has 0 bridgehead atoms. The molecule has 152 valence electrons. The maximum Gasteiger partial charge on any atom is 0.357 e. The van der Waals surface area contributed by atoms with Crippen LogP contribution >= 0.6 is 11.6 Å². The average Bonchev–Trinajstić information content (AvgIpc) is 3.24. The molecule has 1 atom stereocenters. The molecule has 1 amide bonds. The lowest BCUT2D eigenvalue weighted by atomic mass is 10.1. The number of rotatable bonds is 5. The Morgan fingerprint density at radius 2 is 1.73 bits per heavy atom. The number of carbonyl (C=O) groups excluding carboxylic acids is 2. The van der Waals surface area contributed by atoms with Gasteiger partial charge in [0, 0.05) is 18.3 Å². The van der Waals surface area contributed by atoms with E-state index in [2.05, 4.69) is 10.3 Å². The molecule has 0 radical (unpaired) electrons. The van der Waals surface area contributed by atoms with Gasteiger partial charge in [-0.1, -0.05) is 60.1 Å². The van der Waals surface area contributed by atoms with Crippen LogP contribution in [0.3, 0.4) is 0 Å². The van der Waals surface area contributed by atoms with Crippen molar-refractivity contribution in [2.24, 2.45) is 0 Å².